The normalized spacial score (nSPS) is 23.1. The zero-order valence-corrected chi connectivity index (χ0v) is 36.1. The molecular formula is C47H56N6O6Si. The summed E-state index contributed by atoms with van der Waals surface area (Å²) < 4.78 is 20.5. The van der Waals surface area contributed by atoms with E-state index in [9.17, 15) is 9.90 Å². The van der Waals surface area contributed by atoms with Crippen LogP contribution in [0.3, 0.4) is 0 Å². The van der Waals surface area contributed by atoms with E-state index in [-0.39, 0.29) is 47.8 Å². The number of carbonyl (C=O) groups is 2. The first-order valence-corrected chi connectivity index (χ1v) is 24.1. The Balaban J connectivity index is 1.11. The Morgan fingerprint density at radius 2 is 1.75 bits per heavy atom. The Hall–Kier alpha value is -5.34. The Labute approximate surface area is 353 Å². The number of aliphatic hydroxyl groups excluding tert-OH is 1. The van der Waals surface area contributed by atoms with E-state index >= 15 is 4.79 Å². The van der Waals surface area contributed by atoms with Crippen molar-refractivity contribution in [3.8, 4) is 11.5 Å². The summed E-state index contributed by atoms with van der Waals surface area (Å²) in [5.41, 5.74) is 3.72. The first-order valence-electron chi connectivity index (χ1n) is 21.1. The van der Waals surface area contributed by atoms with Crippen molar-refractivity contribution in [3.05, 3.63) is 126 Å². The van der Waals surface area contributed by atoms with E-state index in [0.717, 1.165) is 53.2 Å². The lowest BCUT2D eigenvalue weighted by Crippen LogP contribution is -2.51. The van der Waals surface area contributed by atoms with E-state index in [4.69, 9.17) is 14.2 Å². The van der Waals surface area contributed by atoms with Gasteiger partial charge in [-0.25, -0.2) is 0 Å². The number of ether oxygens (including phenoxy) is 3. The van der Waals surface area contributed by atoms with Gasteiger partial charge in [0, 0.05) is 36.5 Å². The minimum atomic E-state index is -2.40. The molecule has 8 rings (SSSR count). The molecule has 0 saturated carbocycles. The second-order valence-electron chi connectivity index (χ2n) is 17.0. The number of piperidine rings is 1. The van der Waals surface area contributed by atoms with E-state index in [1.165, 1.54) is 5.19 Å². The Morgan fingerprint density at radius 3 is 2.43 bits per heavy atom. The number of benzene rings is 4. The maximum Gasteiger partial charge on any atom is 0.264 e. The first-order chi connectivity index (χ1) is 29.1. The Kier molecular flexibility index (Phi) is 12.0. The summed E-state index contributed by atoms with van der Waals surface area (Å²) in [6.45, 7) is 9.34. The highest BCUT2D eigenvalue weighted by Crippen LogP contribution is 2.60. The van der Waals surface area contributed by atoms with Gasteiger partial charge in [0.2, 0.25) is 5.91 Å². The molecule has 12 nitrogen and oxygen atoms in total. The average molecular weight is 829 g/mol. The van der Waals surface area contributed by atoms with Gasteiger partial charge in [0.25, 0.3) is 5.91 Å². The molecule has 0 bridgehead atoms. The second-order valence-corrected chi connectivity index (χ2v) is 21.7. The molecule has 2 fully saturated rings. The van der Waals surface area contributed by atoms with Crippen LogP contribution in [0.25, 0.3) is 0 Å². The standard InChI is InChI=1S/C47H56N6O6Si/c1-31-44(60(4,5)38-20-17-36(57-2)18-21-38)43(23-25-52-29-41(50-51-52)39(30-54)33-10-7-6-8-11-33)59-47(31)40-26-37(58-3)19-22-42(40)53(46(47)56)28-32-13-15-35(16-14-32)49-45(55)34-12-9-24-48-27-34/h6-8,10-11,13-22,26,29,31,34,39,43-44,48,54H,9,12,23-25,27-28,30H2,1-5H3,(H,49,55)/t31-,34?,39?,43+,44-,47+/m0/s1. The zero-order valence-electron chi connectivity index (χ0n) is 35.1. The third-order valence-electron chi connectivity index (χ3n) is 13.2. The van der Waals surface area contributed by atoms with Crippen LogP contribution in [0.5, 0.6) is 11.5 Å². The zero-order chi connectivity index (χ0) is 42.0. The van der Waals surface area contributed by atoms with E-state index in [0.29, 0.717) is 37.5 Å². The van der Waals surface area contributed by atoms with Crippen LogP contribution in [0, 0.1) is 11.8 Å². The topological polar surface area (TPSA) is 140 Å². The molecule has 4 heterocycles. The molecule has 3 aliphatic heterocycles. The van der Waals surface area contributed by atoms with Gasteiger partial charge in [0.05, 0.1) is 64.8 Å². The van der Waals surface area contributed by atoms with E-state index < -0.39 is 13.7 Å². The van der Waals surface area contributed by atoms with Crippen molar-refractivity contribution >= 4 is 36.4 Å². The van der Waals surface area contributed by atoms with Crippen LogP contribution in [0.2, 0.25) is 18.6 Å². The van der Waals surface area contributed by atoms with Crippen molar-refractivity contribution in [2.75, 3.05) is 44.1 Å². The molecule has 5 aromatic rings. The quantitative estimate of drug-likeness (QED) is 0.112. The van der Waals surface area contributed by atoms with Gasteiger partial charge in [0.15, 0.2) is 5.60 Å². The van der Waals surface area contributed by atoms with Gasteiger partial charge in [-0.3, -0.25) is 14.3 Å². The number of carbonyl (C=O) groups excluding carboxylic acids is 2. The molecule has 3 aliphatic rings. The highest BCUT2D eigenvalue weighted by molar-refractivity contribution is 6.91. The van der Waals surface area contributed by atoms with Crippen LogP contribution in [-0.4, -0.2) is 80.0 Å². The third kappa shape index (κ3) is 7.75. The number of hydrogen-bond acceptors (Lipinski definition) is 9. The number of nitrogens with one attached hydrogen (secondary N) is 2. The average Bonchev–Trinajstić information content (AvgIpc) is 3.94. The van der Waals surface area contributed by atoms with Gasteiger partial charge in [-0.1, -0.05) is 85.0 Å². The fourth-order valence-electron chi connectivity index (χ4n) is 9.94. The summed E-state index contributed by atoms with van der Waals surface area (Å²) in [6, 6.07) is 31.8. The van der Waals surface area contributed by atoms with Crippen molar-refractivity contribution in [2.45, 2.75) is 75.5 Å². The summed E-state index contributed by atoms with van der Waals surface area (Å²) in [5, 5.41) is 27.0. The smallest absolute Gasteiger partial charge is 0.264 e. The summed E-state index contributed by atoms with van der Waals surface area (Å²) in [4.78, 5) is 30.2. The van der Waals surface area contributed by atoms with Crippen LogP contribution in [-0.2, 0) is 33.0 Å². The van der Waals surface area contributed by atoms with Crippen molar-refractivity contribution < 1.29 is 28.9 Å². The number of nitrogens with zero attached hydrogens (tertiary/aromatic N) is 4. The highest BCUT2D eigenvalue weighted by atomic mass is 28.3. The number of anilines is 2. The Bertz CT molecular complexity index is 2280. The number of aliphatic hydroxyl groups is 1. The molecule has 60 heavy (non-hydrogen) atoms. The molecule has 0 aliphatic carbocycles. The van der Waals surface area contributed by atoms with Gasteiger partial charge in [0.1, 0.15) is 11.5 Å². The molecule has 0 radical (unpaired) electrons. The SMILES string of the molecule is COc1ccc([Si](C)(C)[C@@H]2[C@@H](CCn3cc(C(CO)c4ccccc4)nn3)O[C@]3(C(=O)N(Cc4ccc(NC(=O)C5CCCNC5)cc4)c4ccc(OC)cc43)[C@H]2C)cc1. The van der Waals surface area contributed by atoms with Crippen molar-refractivity contribution in [2.24, 2.45) is 11.8 Å². The lowest BCUT2D eigenvalue weighted by Gasteiger charge is -2.37. The molecule has 1 aromatic heterocycles. The highest BCUT2D eigenvalue weighted by Gasteiger charge is 2.66. The number of methoxy groups -OCH3 is 2. The molecule has 3 N–H and O–H groups in total. The van der Waals surface area contributed by atoms with Gasteiger partial charge in [-0.05, 0) is 84.9 Å². The van der Waals surface area contributed by atoms with E-state index in [1.54, 1.807) is 14.2 Å². The molecule has 2 saturated heterocycles. The van der Waals surface area contributed by atoms with Gasteiger partial charge in [-0.2, -0.15) is 0 Å². The number of hydrogen-bond donors (Lipinski definition) is 3. The summed E-state index contributed by atoms with van der Waals surface area (Å²) in [6.07, 6.45) is 4.07. The first kappa shape index (κ1) is 41.4. The molecule has 4 aromatic carbocycles. The van der Waals surface area contributed by atoms with Crippen molar-refractivity contribution in [1.82, 2.24) is 20.3 Å². The van der Waals surface area contributed by atoms with Crippen molar-refractivity contribution in [3.63, 3.8) is 0 Å². The molecule has 6 atom stereocenters. The van der Waals surface area contributed by atoms with E-state index in [2.05, 4.69) is 53.1 Å². The molecule has 1 spiro atoms. The summed E-state index contributed by atoms with van der Waals surface area (Å²) in [5.74, 6) is 0.849. The monoisotopic (exact) mass is 828 g/mol. The summed E-state index contributed by atoms with van der Waals surface area (Å²) >= 11 is 0. The minimum absolute atomic E-state index is 0.0219. The lowest BCUT2D eigenvalue weighted by atomic mass is 9.82. The number of aryl methyl sites for hydroxylation is 1. The maximum absolute atomic E-state index is 15.4. The number of amides is 2. The van der Waals surface area contributed by atoms with Crippen LogP contribution in [0.15, 0.2) is 103 Å². The fourth-order valence-corrected chi connectivity index (χ4v) is 14.0. The molecule has 13 heteroatoms. The lowest BCUT2D eigenvalue weighted by molar-refractivity contribution is -0.146. The van der Waals surface area contributed by atoms with Gasteiger partial charge < -0.3 is 34.9 Å². The van der Waals surface area contributed by atoms with Crippen LogP contribution >= 0.6 is 0 Å². The van der Waals surface area contributed by atoms with Crippen LogP contribution in [0.4, 0.5) is 11.4 Å². The van der Waals surface area contributed by atoms with Crippen molar-refractivity contribution in [1.29, 1.82) is 0 Å². The predicted octanol–water partition coefficient (Wildman–Crippen LogP) is 6.21. The molecule has 2 amide bonds. The van der Waals surface area contributed by atoms with Gasteiger partial charge >= 0.3 is 0 Å². The van der Waals surface area contributed by atoms with Crippen LogP contribution in [0.1, 0.15) is 54.5 Å². The Morgan fingerprint density at radius 1 is 1.02 bits per heavy atom. The van der Waals surface area contributed by atoms with Gasteiger partial charge in [-0.15, -0.1) is 5.10 Å². The molecule has 314 valence electrons. The molecular weight excluding hydrogens is 773 g/mol. The fraction of sp³-hybridized carbons (Fsp3) is 0.404. The number of rotatable bonds is 14. The third-order valence-corrected chi connectivity index (χ3v) is 17.6. The van der Waals surface area contributed by atoms with E-state index in [1.807, 2.05) is 101 Å². The minimum Gasteiger partial charge on any atom is -0.497 e. The number of aromatic nitrogens is 3. The van der Waals surface area contributed by atoms with Crippen LogP contribution < -0.4 is 30.2 Å². The predicted molar refractivity (Wildman–Crippen MR) is 234 cm³/mol. The maximum atomic E-state index is 15.4. The number of fused-ring (bicyclic) bond motifs is 2. The molecule has 2 unspecified atom stereocenters. The summed E-state index contributed by atoms with van der Waals surface area (Å²) in [7, 11) is 0.914. The largest absolute Gasteiger partial charge is 0.497 e. The second kappa shape index (κ2) is 17.3.